The van der Waals surface area contributed by atoms with Crippen LogP contribution in [0, 0.1) is 6.92 Å². The molecular weight excluding hydrogens is 222 g/mol. The van der Waals surface area contributed by atoms with Crippen molar-refractivity contribution in [1.82, 2.24) is 9.78 Å². The summed E-state index contributed by atoms with van der Waals surface area (Å²) in [5, 5.41) is 5.16. The first-order valence-electron chi connectivity index (χ1n) is 5.17. The van der Waals surface area contributed by atoms with Gasteiger partial charge in [0.2, 0.25) is 0 Å². The summed E-state index contributed by atoms with van der Waals surface area (Å²) in [6.45, 7) is 3.12. The van der Waals surface area contributed by atoms with Gasteiger partial charge in [-0.25, -0.2) is 0 Å². The Kier molecular flexibility index (Phi) is 3.27. The highest BCUT2D eigenvalue weighted by molar-refractivity contribution is 6.31. The van der Waals surface area contributed by atoms with Crippen molar-refractivity contribution in [2.75, 3.05) is 0 Å². The molecule has 2 aromatic rings. The van der Waals surface area contributed by atoms with Gasteiger partial charge >= 0.3 is 0 Å². The molecule has 0 aliphatic rings. The summed E-state index contributed by atoms with van der Waals surface area (Å²) in [5.41, 5.74) is 8.72. The summed E-state index contributed by atoms with van der Waals surface area (Å²) in [7, 11) is 0. The second-order valence-corrected chi connectivity index (χ2v) is 4.14. The van der Waals surface area contributed by atoms with E-state index in [4.69, 9.17) is 17.3 Å². The molecule has 16 heavy (non-hydrogen) atoms. The SMILES string of the molecule is Cc1cc(CN)n(Cc2ccccc2Cl)n1. The Morgan fingerprint density at radius 2 is 2.12 bits per heavy atom. The minimum Gasteiger partial charge on any atom is -0.325 e. The van der Waals surface area contributed by atoms with Crippen LogP contribution in [0.5, 0.6) is 0 Å². The van der Waals surface area contributed by atoms with E-state index in [0.717, 1.165) is 22.0 Å². The number of halogens is 1. The van der Waals surface area contributed by atoms with Crippen LogP contribution in [0.15, 0.2) is 30.3 Å². The van der Waals surface area contributed by atoms with Crippen molar-refractivity contribution in [3.05, 3.63) is 52.3 Å². The maximum absolute atomic E-state index is 6.10. The molecule has 2 rings (SSSR count). The molecule has 2 N–H and O–H groups in total. The number of nitrogens with zero attached hydrogens (tertiary/aromatic N) is 2. The predicted molar refractivity (Wildman–Crippen MR) is 65.4 cm³/mol. The van der Waals surface area contributed by atoms with Crippen LogP contribution in [-0.2, 0) is 13.1 Å². The third kappa shape index (κ3) is 2.26. The molecule has 0 radical (unpaired) electrons. The molecule has 0 aliphatic heterocycles. The smallest absolute Gasteiger partial charge is 0.0677 e. The van der Waals surface area contributed by atoms with E-state index in [1.807, 2.05) is 41.9 Å². The number of hydrogen-bond acceptors (Lipinski definition) is 2. The van der Waals surface area contributed by atoms with Gasteiger partial charge in [0.05, 0.1) is 17.9 Å². The average molecular weight is 236 g/mol. The molecule has 0 fully saturated rings. The molecule has 0 aliphatic carbocycles. The van der Waals surface area contributed by atoms with Gasteiger partial charge in [0.25, 0.3) is 0 Å². The van der Waals surface area contributed by atoms with Crippen LogP contribution in [0.25, 0.3) is 0 Å². The van der Waals surface area contributed by atoms with Gasteiger partial charge in [-0.05, 0) is 24.6 Å². The van der Waals surface area contributed by atoms with Gasteiger partial charge in [-0.3, -0.25) is 4.68 Å². The molecule has 0 spiro atoms. The number of hydrogen-bond donors (Lipinski definition) is 1. The monoisotopic (exact) mass is 235 g/mol. The number of aryl methyl sites for hydroxylation is 1. The first-order chi connectivity index (χ1) is 7.70. The van der Waals surface area contributed by atoms with E-state index < -0.39 is 0 Å². The van der Waals surface area contributed by atoms with Gasteiger partial charge in [0.15, 0.2) is 0 Å². The van der Waals surface area contributed by atoms with Gasteiger partial charge in [-0.1, -0.05) is 29.8 Å². The molecule has 0 unspecified atom stereocenters. The van der Waals surface area contributed by atoms with E-state index in [2.05, 4.69) is 5.10 Å². The van der Waals surface area contributed by atoms with Gasteiger partial charge in [0.1, 0.15) is 0 Å². The number of rotatable bonds is 3. The maximum Gasteiger partial charge on any atom is 0.0677 e. The van der Waals surface area contributed by atoms with Crippen molar-refractivity contribution in [3.63, 3.8) is 0 Å². The van der Waals surface area contributed by atoms with Crippen LogP contribution in [0.1, 0.15) is 17.0 Å². The van der Waals surface area contributed by atoms with E-state index in [-0.39, 0.29) is 0 Å². The van der Waals surface area contributed by atoms with Gasteiger partial charge in [0, 0.05) is 11.6 Å². The van der Waals surface area contributed by atoms with E-state index in [1.54, 1.807) is 0 Å². The van der Waals surface area contributed by atoms with Gasteiger partial charge in [-0.15, -0.1) is 0 Å². The lowest BCUT2D eigenvalue weighted by molar-refractivity contribution is 0.641. The van der Waals surface area contributed by atoms with Gasteiger partial charge < -0.3 is 5.73 Å². The zero-order valence-electron chi connectivity index (χ0n) is 9.15. The first kappa shape index (κ1) is 11.2. The van der Waals surface area contributed by atoms with E-state index >= 15 is 0 Å². The van der Waals surface area contributed by atoms with E-state index in [0.29, 0.717) is 13.1 Å². The van der Waals surface area contributed by atoms with Crippen molar-refractivity contribution in [2.45, 2.75) is 20.0 Å². The third-order valence-corrected chi connectivity index (χ3v) is 2.84. The lowest BCUT2D eigenvalue weighted by atomic mass is 10.2. The Hall–Kier alpha value is -1.32. The first-order valence-corrected chi connectivity index (χ1v) is 5.55. The summed E-state index contributed by atoms with van der Waals surface area (Å²) in [5.74, 6) is 0. The molecule has 1 heterocycles. The quantitative estimate of drug-likeness (QED) is 0.888. The largest absolute Gasteiger partial charge is 0.325 e. The van der Waals surface area contributed by atoms with Crippen LogP contribution in [0.4, 0.5) is 0 Å². The highest BCUT2D eigenvalue weighted by atomic mass is 35.5. The molecule has 4 heteroatoms. The zero-order valence-corrected chi connectivity index (χ0v) is 9.91. The van der Waals surface area contributed by atoms with Crippen LogP contribution >= 0.6 is 11.6 Å². The standard InChI is InChI=1S/C12H14ClN3/c1-9-6-11(7-14)16(15-9)8-10-4-2-3-5-12(10)13/h2-6H,7-8,14H2,1H3. The molecule has 3 nitrogen and oxygen atoms in total. The molecule has 0 bridgehead atoms. The van der Waals surface area contributed by atoms with Crippen molar-refractivity contribution in [3.8, 4) is 0 Å². The Balaban J connectivity index is 2.30. The second kappa shape index (κ2) is 4.68. The zero-order chi connectivity index (χ0) is 11.5. The minimum absolute atomic E-state index is 0.491. The Morgan fingerprint density at radius 3 is 2.81 bits per heavy atom. The van der Waals surface area contributed by atoms with Crippen LogP contribution in [-0.4, -0.2) is 9.78 Å². The molecule has 1 aromatic heterocycles. The lowest BCUT2D eigenvalue weighted by Gasteiger charge is -2.07. The number of benzene rings is 1. The summed E-state index contributed by atoms with van der Waals surface area (Å²) in [6, 6.07) is 9.77. The van der Waals surface area contributed by atoms with Crippen LogP contribution in [0.2, 0.25) is 5.02 Å². The average Bonchev–Trinajstić information content (AvgIpc) is 2.62. The molecule has 0 saturated heterocycles. The fourth-order valence-corrected chi connectivity index (χ4v) is 1.88. The predicted octanol–water partition coefficient (Wildman–Crippen LogP) is 2.35. The molecule has 1 aromatic carbocycles. The maximum atomic E-state index is 6.10. The summed E-state index contributed by atoms with van der Waals surface area (Å²) in [6.07, 6.45) is 0. The summed E-state index contributed by atoms with van der Waals surface area (Å²) in [4.78, 5) is 0. The molecule has 0 atom stereocenters. The summed E-state index contributed by atoms with van der Waals surface area (Å²) >= 11 is 6.10. The molecule has 84 valence electrons. The van der Waals surface area contributed by atoms with Crippen molar-refractivity contribution >= 4 is 11.6 Å². The fraction of sp³-hybridized carbons (Fsp3) is 0.250. The second-order valence-electron chi connectivity index (χ2n) is 3.73. The topological polar surface area (TPSA) is 43.8 Å². The molecule has 0 amide bonds. The number of aromatic nitrogens is 2. The fourth-order valence-electron chi connectivity index (χ4n) is 1.69. The lowest BCUT2D eigenvalue weighted by Crippen LogP contribution is -2.10. The highest BCUT2D eigenvalue weighted by Crippen LogP contribution is 2.17. The van der Waals surface area contributed by atoms with Crippen molar-refractivity contribution in [1.29, 1.82) is 0 Å². The van der Waals surface area contributed by atoms with E-state index in [9.17, 15) is 0 Å². The Bertz CT molecular complexity index is 491. The van der Waals surface area contributed by atoms with Crippen LogP contribution < -0.4 is 5.73 Å². The Labute approximate surface area is 99.8 Å². The highest BCUT2D eigenvalue weighted by Gasteiger charge is 2.06. The minimum atomic E-state index is 0.491. The Morgan fingerprint density at radius 1 is 1.38 bits per heavy atom. The molecule has 0 saturated carbocycles. The van der Waals surface area contributed by atoms with Crippen molar-refractivity contribution < 1.29 is 0 Å². The van der Waals surface area contributed by atoms with Crippen LogP contribution in [0.3, 0.4) is 0 Å². The van der Waals surface area contributed by atoms with E-state index in [1.165, 1.54) is 0 Å². The van der Waals surface area contributed by atoms with Gasteiger partial charge in [-0.2, -0.15) is 5.10 Å². The molecular formula is C12H14ClN3. The summed E-state index contributed by atoms with van der Waals surface area (Å²) < 4.78 is 1.90. The van der Waals surface area contributed by atoms with Crippen molar-refractivity contribution in [2.24, 2.45) is 5.73 Å². The third-order valence-electron chi connectivity index (χ3n) is 2.47. The normalized spacial score (nSPS) is 10.7. The number of nitrogens with two attached hydrogens (primary N) is 1.